The highest BCUT2D eigenvalue weighted by Crippen LogP contribution is 2.50. The van der Waals surface area contributed by atoms with E-state index in [0.717, 1.165) is 57.2 Å². The molecule has 3 heterocycles. The first-order valence-electron chi connectivity index (χ1n) is 16.7. The molecule has 2 aliphatic carbocycles. The Morgan fingerprint density at radius 1 is 0.780 bits per heavy atom. The molecule has 1 unspecified atom stereocenters. The van der Waals surface area contributed by atoms with Crippen molar-refractivity contribution in [1.82, 2.24) is 10.2 Å². The summed E-state index contributed by atoms with van der Waals surface area (Å²) in [6, 6.07) is 17.1. The van der Waals surface area contributed by atoms with E-state index < -0.39 is 9.84 Å². The average Bonchev–Trinajstić information content (AvgIpc) is 3.55. The summed E-state index contributed by atoms with van der Waals surface area (Å²) in [5.41, 5.74) is 4.57. The van der Waals surface area contributed by atoms with Crippen LogP contribution in [0.3, 0.4) is 0 Å². The van der Waals surface area contributed by atoms with Crippen molar-refractivity contribution in [1.29, 1.82) is 0 Å². The third-order valence-corrected chi connectivity index (χ3v) is 13.8. The maximum absolute atomic E-state index is 13.1. The molecule has 41 heavy (non-hydrogen) atoms. The number of nitrogens with zero attached hydrogens (tertiary/aromatic N) is 2. The fourth-order valence-corrected chi connectivity index (χ4v) is 11.2. The molecule has 5 aliphatic rings. The topological polar surface area (TPSA) is 52.7 Å². The predicted molar refractivity (Wildman–Crippen MR) is 167 cm³/mol. The molecule has 0 spiro atoms. The molecule has 0 radical (unpaired) electrons. The highest BCUT2D eigenvalue weighted by atomic mass is 32.2. The Morgan fingerprint density at radius 3 is 2.17 bits per heavy atom. The van der Waals surface area contributed by atoms with Gasteiger partial charge in [-0.15, -0.1) is 0 Å². The summed E-state index contributed by atoms with van der Waals surface area (Å²) >= 11 is 0. The SMILES string of the molecule is O=S(=O)(c1ccc(N2CC(CN3CCC(C4(C5CCCC5)NCCc5ccccc54)CC3)C2)cc1)C1CCCCC1. The van der Waals surface area contributed by atoms with Crippen molar-refractivity contribution in [3.63, 3.8) is 0 Å². The number of fused-ring (bicyclic) bond motifs is 1. The molecule has 3 aliphatic heterocycles. The molecule has 5 nitrogen and oxygen atoms in total. The van der Waals surface area contributed by atoms with Crippen LogP contribution in [0, 0.1) is 17.8 Å². The number of benzene rings is 2. The fourth-order valence-electron chi connectivity index (χ4n) is 9.33. The molecule has 2 saturated heterocycles. The van der Waals surface area contributed by atoms with Gasteiger partial charge >= 0.3 is 0 Å². The average molecular weight is 576 g/mol. The first-order valence-corrected chi connectivity index (χ1v) is 18.2. The lowest BCUT2D eigenvalue weighted by Crippen LogP contribution is -2.59. The van der Waals surface area contributed by atoms with E-state index in [9.17, 15) is 8.42 Å². The van der Waals surface area contributed by atoms with Crippen LogP contribution >= 0.6 is 0 Å². The van der Waals surface area contributed by atoms with Gasteiger partial charge in [0.15, 0.2) is 9.84 Å². The highest BCUT2D eigenvalue weighted by molar-refractivity contribution is 7.92. The molecule has 6 heteroatoms. The fraction of sp³-hybridized carbons (Fsp3) is 0.657. The minimum Gasteiger partial charge on any atom is -0.371 e. The second kappa shape index (κ2) is 11.7. The van der Waals surface area contributed by atoms with Crippen molar-refractivity contribution in [3.8, 4) is 0 Å². The van der Waals surface area contributed by atoms with Crippen molar-refractivity contribution in [2.45, 2.75) is 92.7 Å². The Morgan fingerprint density at radius 2 is 1.44 bits per heavy atom. The molecular weight excluding hydrogens is 526 g/mol. The van der Waals surface area contributed by atoms with Crippen LogP contribution in [-0.4, -0.2) is 57.8 Å². The van der Waals surface area contributed by atoms with Gasteiger partial charge in [-0.05, 0) is 105 Å². The normalized spacial score (nSPS) is 27.6. The van der Waals surface area contributed by atoms with E-state index in [2.05, 4.69) is 39.4 Å². The first kappa shape index (κ1) is 27.9. The predicted octanol–water partition coefficient (Wildman–Crippen LogP) is 6.17. The summed E-state index contributed by atoms with van der Waals surface area (Å²) in [6.45, 7) is 6.91. The van der Waals surface area contributed by atoms with Crippen molar-refractivity contribution in [2.24, 2.45) is 17.8 Å². The lowest BCUT2D eigenvalue weighted by molar-refractivity contribution is 0.0492. The summed E-state index contributed by atoms with van der Waals surface area (Å²) in [7, 11) is -3.19. The van der Waals surface area contributed by atoms with Crippen molar-refractivity contribution < 1.29 is 8.42 Å². The van der Waals surface area contributed by atoms with Crippen LogP contribution in [0.15, 0.2) is 53.4 Å². The number of likely N-dealkylation sites (tertiary alicyclic amines) is 1. The van der Waals surface area contributed by atoms with E-state index in [1.165, 1.54) is 76.7 Å². The quantitative estimate of drug-likeness (QED) is 0.428. The lowest BCUT2D eigenvalue weighted by Gasteiger charge is -2.53. The van der Waals surface area contributed by atoms with E-state index >= 15 is 0 Å². The Hall–Kier alpha value is -1.89. The van der Waals surface area contributed by atoms with E-state index in [0.29, 0.717) is 10.8 Å². The molecule has 2 aromatic rings. The van der Waals surface area contributed by atoms with Gasteiger partial charge in [0.2, 0.25) is 0 Å². The third kappa shape index (κ3) is 5.27. The summed E-state index contributed by atoms with van der Waals surface area (Å²) in [4.78, 5) is 5.67. The molecule has 0 bridgehead atoms. The van der Waals surface area contributed by atoms with Gasteiger partial charge in [0, 0.05) is 43.3 Å². The van der Waals surface area contributed by atoms with Gasteiger partial charge in [0.05, 0.1) is 10.1 Å². The minimum absolute atomic E-state index is 0.182. The maximum Gasteiger partial charge on any atom is 0.181 e. The van der Waals surface area contributed by atoms with E-state index in [1.54, 1.807) is 11.1 Å². The zero-order valence-corrected chi connectivity index (χ0v) is 25.6. The standard InChI is InChI=1S/C35H49N3O2S/c39-41(40,32-11-2-1-3-12-32)33-16-14-31(15-17-33)38-25-27(26-38)24-37-22-19-30(20-23-37)35(29-9-5-6-10-29)34-13-7-4-8-28(34)18-21-36-35/h4,7-8,13-17,27,29-30,32,36H,1-3,5-6,9-12,18-26H2. The van der Waals surface area contributed by atoms with Gasteiger partial charge < -0.3 is 15.1 Å². The Balaban J connectivity index is 0.940. The van der Waals surface area contributed by atoms with E-state index in [4.69, 9.17) is 0 Å². The van der Waals surface area contributed by atoms with Crippen molar-refractivity contribution >= 4 is 15.5 Å². The largest absolute Gasteiger partial charge is 0.371 e. The van der Waals surface area contributed by atoms with E-state index in [-0.39, 0.29) is 10.8 Å². The van der Waals surface area contributed by atoms with Gasteiger partial charge in [0.25, 0.3) is 0 Å². The number of anilines is 1. The zero-order chi connectivity index (χ0) is 27.9. The van der Waals surface area contributed by atoms with Crippen molar-refractivity contribution in [3.05, 3.63) is 59.7 Å². The number of sulfone groups is 1. The molecule has 0 aromatic heterocycles. The molecule has 0 amide bonds. The van der Waals surface area contributed by atoms with Crippen molar-refractivity contribution in [2.75, 3.05) is 44.2 Å². The van der Waals surface area contributed by atoms with Crippen LogP contribution in [0.5, 0.6) is 0 Å². The van der Waals surface area contributed by atoms with Gasteiger partial charge in [-0.1, -0.05) is 56.4 Å². The lowest BCUT2D eigenvalue weighted by atomic mass is 9.63. The van der Waals surface area contributed by atoms with Crippen LogP contribution in [0.25, 0.3) is 0 Å². The number of nitrogens with one attached hydrogen (secondary N) is 1. The third-order valence-electron chi connectivity index (χ3n) is 11.5. The molecule has 7 rings (SSSR count). The molecule has 2 saturated carbocycles. The summed E-state index contributed by atoms with van der Waals surface area (Å²) in [5, 5.41) is 3.99. The Labute approximate surface area is 248 Å². The minimum atomic E-state index is -3.19. The summed E-state index contributed by atoms with van der Waals surface area (Å²) in [5.74, 6) is 2.21. The van der Waals surface area contributed by atoms with Gasteiger partial charge in [-0.3, -0.25) is 0 Å². The molecule has 2 aromatic carbocycles. The molecule has 1 N–H and O–H groups in total. The van der Waals surface area contributed by atoms with Gasteiger partial charge in [0.1, 0.15) is 0 Å². The molecular formula is C35H49N3O2S. The van der Waals surface area contributed by atoms with Gasteiger partial charge in [-0.25, -0.2) is 8.42 Å². The van der Waals surface area contributed by atoms with Crippen LogP contribution in [0.2, 0.25) is 0 Å². The van der Waals surface area contributed by atoms with E-state index in [1.807, 2.05) is 24.3 Å². The van der Waals surface area contributed by atoms with Crippen LogP contribution in [0.4, 0.5) is 5.69 Å². The summed E-state index contributed by atoms with van der Waals surface area (Å²) < 4.78 is 26.2. The Bertz CT molecular complexity index is 1280. The van der Waals surface area contributed by atoms with Crippen LogP contribution in [-0.2, 0) is 21.8 Å². The molecule has 4 fully saturated rings. The first-order chi connectivity index (χ1) is 20.0. The smallest absolute Gasteiger partial charge is 0.181 e. The second-order valence-corrected chi connectivity index (χ2v) is 16.1. The second-order valence-electron chi connectivity index (χ2n) is 13.8. The molecule has 1 atom stereocenters. The van der Waals surface area contributed by atoms with Crippen LogP contribution < -0.4 is 10.2 Å². The summed E-state index contributed by atoms with van der Waals surface area (Å²) in [6.07, 6.45) is 14.2. The monoisotopic (exact) mass is 575 g/mol. The number of hydrogen-bond donors (Lipinski definition) is 1. The van der Waals surface area contributed by atoms with Gasteiger partial charge in [-0.2, -0.15) is 0 Å². The van der Waals surface area contributed by atoms with Crippen LogP contribution in [0.1, 0.15) is 81.8 Å². The highest BCUT2D eigenvalue weighted by Gasteiger charge is 2.50. The zero-order valence-electron chi connectivity index (χ0n) is 24.8. The number of piperidine rings is 1. The molecule has 222 valence electrons. The number of hydrogen-bond acceptors (Lipinski definition) is 5. The Kier molecular flexibility index (Phi) is 7.93. The maximum atomic E-state index is 13.1. The number of rotatable bonds is 7.